The fourth-order valence-corrected chi connectivity index (χ4v) is 4.52. The van der Waals surface area contributed by atoms with Crippen LogP contribution in [0.15, 0.2) is 30.5 Å². The number of nitrogens with one attached hydrogen (secondary N) is 3. The Morgan fingerprint density at radius 3 is 2.67 bits per heavy atom. The quantitative estimate of drug-likeness (QED) is 0.456. The number of hydrogen-bond donors (Lipinski definition) is 3. The average Bonchev–Trinajstić information content (AvgIpc) is 3.18. The number of piperidine rings is 1. The summed E-state index contributed by atoms with van der Waals surface area (Å²) >= 11 is 0. The number of benzene rings is 1. The van der Waals surface area contributed by atoms with E-state index in [1.165, 1.54) is 0 Å². The van der Waals surface area contributed by atoms with Crippen LogP contribution in [0.4, 0.5) is 11.6 Å². The van der Waals surface area contributed by atoms with Crippen LogP contribution in [0.1, 0.15) is 56.7 Å². The van der Waals surface area contributed by atoms with Crippen LogP contribution in [-0.4, -0.2) is 53.4 Å². The number of anilines is 2. The Morgan fingerprint density at radius 2 is 1.97 bits per heavy atom. The lowest BCUT2D eigenvalue weighted by Crippen LogP contribution is -2.37. The Kier molecular flexibility index (Phi) is 6.71. The van der Waals surface area contributed by atoms with Crippen LogP contribution in [0, 0.1) is 0 Å². The minimum atomic E-state index is -3.42. The predicted octanol–water partition coefficient (Wildman–Crippen LogP) is 2.92. The van der Waals surface area contributed by atoms with Crippen molar-refractivity contribution in [1.29, 1.82) is 0 Å². The van der Waals surface area contributed by atoms with E-state index in [-0.39, 0.29) is 18.1 Å². The van der Waals surface area contributed by atoms with Gasteiger partial charge in [-0.2, -0.15) is 19.6 Å². The molecule has 33 heavy (non-hydrogen) atoms. The molecule has 1 aliphatic heterocycles. The molecule has 2 unspecified atom stereocenters. The van der Waals surface area contributed by atoms with Crippen LogP contribution in [0.2, 0.25) is 0 Å². The zero-order valence-corrected chi connectivity index (χ0v) is 20.2. The molecule has 3 N–H and O–H groups in total. The van der Waals surface area contributed by atoms with Gasteiger partial charge in [0.15, 0.2) is 5.65 Å². The van der Waals surface area contributed by atoms with E-state index in [9.17, 15) is 8.42 Å². The fourth-order valence-electron chi connectivity index (χ4n) is 3.94. The van der Waals surface area contributed by atoms with Gasteiger partial charge in [0, 0.05) is 12.1 Å². The van der Waals surface area contributed by atoms with Crippen molar-refractivity contribution >= 4 is 27.3 Å². The molecule has 0 spiro atoms. The number of nitrogens with zero attached hydrogens (tertiary/aromatic N) is 4. The van der Waals surface area contributed by atoms with E-state index in [2.05, 4.69) is 44.3 Å². The van der Waals surface area contributed by atoms with Crippen LogP contribution in [0.25, 0.3) is 5.65 Å². The van der Waals surface area contributed by atoms with Crippen molar-refractivity contribution in [2.24, 2.45) is 0 Å². The molecule has 0 bridgehead atoms. The van der Waals surface area contributed by atoms with Crippen molar-refractivity contribution < 1.29 is 13.2 Å². The van der Waals surface area contributed by atoms with Crippen LogP contribution < -0.4 is 20.1 Å². The highest BCUT2D eigenvalue weighted by Gasteiger charge is 2.21. The van der Waals surface area contributed by atoms with Gasteiger partial charge in [0.25, 0.3) is 0 Å². The standard InChI is InChI=1S/C22H31N7O3S/c1-14(2)18-13-24-29-20(18)26-22(32-16-8-7-11-23-12-16)27-21(29)25-15(3)17-9-5-6-10-19(17)28-33(4,30)31/h5-6,9-10,13-16,23,28H,7-8,11-12H2,1-4H3,(H,25,26,27). The first-order valence-electron chi connectivity index (χ1n) is 11.2. The molecule has 3 aromatic rings. The Balaban J connectivity index is 1.69. The monoisotopic (exact) mass is 473 g/mol. The lowest BCUT2D eigenvalue weighted by Gasteiger charge is -2.23. The molecule has 2 aromatic heterocycles. The van der Waals surface area contributed by atoms with Crippen molar-refractivity contribution in [2.45, 2.75) is 51.7 Å². The van der Waals surface area contributed by atoms with Crippen molar-refractivity contribution in [2.75, 3.05) is 29.4 Å². The lowest BCUT2D eigenvalue weighted by molar-refractivity contribution is 0.153. The molecule has 1 aromatic carbocycles. The number of aromatic nitrogens is 4. The van der Waals surface area contributed by atoms with Crippen LogP contribution in [0.5, 0.6) is 6.01 Å². The maximum absolute atomic E-state index is 11.8. The van der Waals surface area contributed by atoms with Gasteiger partial charge in [-0.25, -0.2) is 8.42 Å². The van der Waals surface area contributed by atoms with Gasteiger partial charge in [-0.15, -0.1) is 0 Å². The first-order chi connectivity index (χ1) is 15.7. The van der Waals surface area contributed by atoms with E-state index in [0.717, 1.165) is 43.3 Å². The minimum absolute atomic E-state index is 0.0107. The summed E-state index contributed by atoms with van der Waals surface area (Å²) < 4.78 is 34.0. The molecule has 0 aliphatic carbocycles. The molecule has 0 saturated carbocycles. The molecular formula is C22H31N7O3S. The third-order valence-electron chi connectivity index (χ3n) is 5.59. The summed E-state index contributed by atoms with van der Waals surface area (Å²) in [6.45, 7) is 7.87. The Labute approximate surface area is 194 Å². The van der Waals surface area contributed by atoms with E-state index >= 15 is 0 Å². The van der Waals surface area contributed by atoms with Gasteiger partial charge in [-0.3, -0.25) is 4.72 Å². The third kappa shape index (κ3) is 5.53. The summed E-state index contributed by atoms with van der Waals surface area (Å²) in [5.41, 5.74) is 2.98. The Bertz CT molecular complexity index is 1220. The number of para-hydroxylation sites is 1. The second-order valence-corrected chi connectivity index (χ2v) is 10.5. The van der Waals surface area contributed by atoms with Gasteiger partial charge in [0.1, 0.15) is 6.10 Å². The molecule has 10 nitrogen and oxygen atoms in total. The highest BCUT2D eigenvalue weighted by Crippen LogP contribution is 2.28. The van der Waals surface area contributed by atoms with Crippen molar-refractivity contribution in [3.05, 3.63) is 41.6 Å². The zero-order chi connectivity index (χ0) is 23.6. The van der Waals surface area contributed by atoms with E-state index in [0.29, 0.717) is 23.3 Å². The number of fused-ring (bicyclic) bond motifs is 1. The summed E-state index contributed by atoms with van der Waals surface area (Å²) in [6, 6.07) is 7.29. The molecular weight excluding hydrogens is 442 g/mol. The van der Waals surface area contributed by atoms with Crippen molar-refractivity contribution in [3.63, 3.8) is 0 Å². The molecule has 0 amide bonds. The molecule has 3 heterocycles. The Morgan fingerprint density at radius 1 is 1.18 bits per heavy atom. The van der Waals surface area contributed by atoms with Crippen LogP contribution >= 0.6 is 0 Å². The average molecular weight is 474 g/mol. The third-order valence-corrected chi connectivity index (χ3v) is 6.18. The van der Waals surface area contributed by atoms with E-state index in [1.807, 2.05) is 19.1 Å². The minimum Gasteiger partial charge on any atom is -0.459 e. The highest BCUT2D eigenvalue weighted by molar-refractivity contribution is 7.92. The maximum atomic E-state index is 11.8. The summed E-state index contributed by atoms with van der Waals surface area (Å²) in [4.78, 5) is 9.29. The normalized spacial score (nSPS) is 17.8. The zero-order valence-electron chi connectivity index (χ0n) is 19.4. The number of hydrogen-bond acceptors (Lipinski definition) is 8. The van der Waals surface area contributed by atoms with Crippen LogP contribution in [0.3, 0.4) is 0 Å². The fraction of sp³-hybridized carbons (Fsp3) is 0.500. The highest BCUT2D eigenvalue weighted by atomic mass is 32.2. The maximum Gasteiger partial charge on any atom is 0.322 e. The molecule has 4 rings (SSSR count). The van der Waals surface area contributed by atoms with E-state index in [1.54, 1.807) is 22.8 Å². The van der Waals surface area contributed by atoms with Crippen molar-refractivity contribution in [3.8, 4) is 6.01 Å². The summed E-state index contributed by atoms with van der Waals surface area (Å²) in [5, 5.41) is 11.2. The second-order valence-electron chi connectivity index (χ2n) is 8.73. The van der Waals surface area contributed by atoms with Gasteiger partial charge in [-0.1, -0.05) is 32.0 Å². The SMILES string of the molecule is CC(C)c1cnn2c(NC(C)c3ccccc3NS(C)(=O)=O)nc(OC3CCCNC3)nc12. The molecule has 2 atom stereocenters. The van der Waals surface area contributed by atoms with E-state index < -0.39 is 10.0 Å². The first kappa shape index (κ1) is 23.2. The molecule has 0 radical (unpaired) electrons. The van der Waals surface area contributed by atoms with Crippen molar-refractivity contribution in [1.82, 2.24) is 24.9 Å². The van der Waals surface area contributed by atoms with E-state index in [4.69, 9.17) is 4.74 Å². The Hall–Kier alpha value is -2.92. The topological polar surface area (TPSA) is 123 Å². The molecule has 11 heteroatoms. The van der Waals surface area contributed by atoms with Gasteiger partial charge >= 0.3 is 6.01 Å². The van der Waals surface area contributed by atoms with Gasteiger partial charge in [0.2, 0.25) is 16.0 Å². The summed E-state index contributed by atoms with van der Waals surface area (Å²) in [7, 11) is -3.42. The molecule has 1 fully saturated rings. The summed E-state index contributed by atoms with van der Waals surface area (Å²) in [6.07, 6.45) is 4.94. The second kappa shape index (κ2) is 9.52. The molecule has 1 aliphatic rings. The first-order valence-corrected chi connectivity index (χ1v) is 13.1. The number of sulfonamides is 1. The van der Waals surface area contributed by atoms with Gasteiger partial charge < -0.3 is 15.4 Å². The molecule has 178 valence electrons. The molecule has 1 saturated heterocycles. The lowest BCUT2D eigenvalue weighted by atomic mass is 10.1. The van der Waals surface area contributed by atoms with Gasteiger partial charge in [-0.05, 0) is 43.9 Å². The van der Waals surface area contributed by atoms with Crippen LogP contribution in [-0.2, 0) is 10.0 Å². The number of ether oxygens (including phenoxy) is 1. The largest absolute Gasteiger partial charge is 0.459 e. The predicted molar refractivity (Wildman–Crippen MR) is 128 cm³/mol. The number of rotatable bonds is 8. The summed E-state index contributed by atoms with van der Waals surface area (Å²) in [5.74, 6) is 0.707. The smallest absolute Gasteiger partial charge is 0.322 e. The van der Waals surface area contributed by atoms with Gasteiger partial charge in [0.05, 0.1) is 24.2 Å².